The van der Waals surface area contributed by atoms with Crippen molar-refractivity contribution >= 4 is 19.0 Å². The van der Waals surface area contributed by atoms with E-state index in [0.717, 1.165) is 12.8 Å². The SMILES string of the molecule is CCC1(CC)COP(Cl)O1. The minimum atomic E-state index is -1.09. The number of halogens is 1. The van der Waals surface area contributed by atoms with Crippen molar-refractivity contribution < 1.29 is 9.05 Å². The van der Waals surface area contributed by atoms with Gasteiger partial charge in [0, 0.05) is 0 Å². The lowest BCUT2D eigenvalue weighted by Crippen LogP contribution is -2.28. The van der Waals surface area contributed by atoms with E-state index < -0.39 is 7.73 Å². The van der Waals surface area contributed by atoms with Crippen LogP contribution in [0.25, 0.3) is 0 Å². The molecule has 0 radical (unpaired) electrons. The van der Waals surface area contributed by atoms with Crippen molar-refractivity contribution in [3.05, 3.63) is 0 Å². The maximum Gasteiger partial charge on any atom is 0.277 e. The molecule has 0 bridgehead atoms. The van der Waals surface area contributed by atoms with E-state index in [-0.39, 0.29) is 5.60 Å². The summed E-state index contributed by atoms with van der Waals surface area (Å²) in [7, 11) is -1.09. The predicted octanol–water partition coefficient (Wildman–Crippen LogP) is 3.06. The smallest absolute Gasteiger partial charge is 0.277 e. The van der Waals surface area contributed by atoms with Crippen LogP contribution < -0.4 is 0 Å². The van der Waals surface area contributed by atoms with Crippen LogP contribution in [0.2, 0.25) is 0 Å². The Morgan fingerprint density at radius 1 is 1.50 bits per heavy atom. The Morgan fingerprint density at radius 2 is 2.10 bits per heavy atom. The van der Waals surface area contributed by atoms with E-state index >= 15 is 0 Å². The molecule has 0 aromatic heterocycles. The second-order valence-electron chi connectivity index (χ2n) is 2.47. The van der Waals surface area contributed by atoms with Gasteiger partial charge in [-0.1, -0.05) is 13.8 Å². The molecule has 1 rings (SSSR count). The van der Waals surface area contributed by atoms with Crippen LogP contribution in [0.15, 0.2) is 0 Å². The standard InChI is InChI=1S/C6H12ClO2P/c1-3-6(4-2)5-8-10(7)9-6/h3-5H2,1-2H3. The van der Waals surface area contributed by atoms with Gasteiger partial charge >= 0.3 is 0 Å². The summed E-state index contributed by atoms with van der Waals surface area (Å²) in [6.07, 6.45) is 1.96. The van der Waals surface area contributed by atoms with Gasteiger partial charge in [0.05, 0.1) is 12.2 Å². The zero-order valence-electron chi connectivity index (χ0n) is 6.26. The van der Waals surface area contributed by atoms with E-state index in [2.05, 4.69) is 13.8 Å². The Hall–Kier alpha value is 0.640. The van der Waals surface area contributed by atoms with Gasteiger partial charge in [-0.25, -0.2) is 0 Å². The first kappa shape index (κ1) is 8.73. The van der Waals surface area contributed by atoms with Crippen LogP contribution >= 0.6 is 19.0 Å². The summed E-state index contributed by atoms with van der Waals surface area (Å²) < 4.78 is 10.6. The quantitative estimate of drug-likeness (QED) is 0.611. The van der Waals surface area contributed by atoms with Gasteiger partial charge in [0.15, 0.2) is 0 Å². The molecule has 1 heterocycles. The molecule has 0 N–H and O–H groups in total. The van der Waals surface area contributed by atoms with Crippen molar-refractivity contribution in [3.63, 3.8) is 0 Å². The van der Waals surface area contributed by atoms with Crippen molar-refractivity contribution in [1.29, 1.82) is 0 Å². The van der Waals surface area contributed by atoms with E-state index in [1.54, 1.807) is 0 Å². The molecule has 0 amide bonds. The average Bonchev–Trinajstić information content (AvgIpc) is 2.33. The first-order chi connectivity index (χ1) is 4.72. The molecule has 1 unspecified atom stereocenters. The molecule has 2 nitrogen and oxygen atoms in total. The van der Waals surface area contributed by atoms with Crippen LogP contribution in [0, 0.1) is 0 Å². The highest BCUT2D eigenvalue weighted by atomic mass is 35.7. The van der Waals surface area contributed by atoms with Crippen LogP contribution in [0.4, 0.5) is 0 Å². The highest BCUT2D eigenvalue weighted by Crippen LogP contribution is 2.55. The lowest BCUT2D eigenvalue weighted by molar-refractivity contribution is 0.0889. The van der Waals surface area contributed by atoms with E-state index in [0.29, 0.717) is 6.61 Å². The van der Waals surface area contributed by atoms with Crippen molar-refractivity contribution in [2.45, 2.75) is 32.3 Å². The van der Waals surface area contributed by atoms with Gasteiger partial charge in [0.2, 0.25) is 0 Å². The lowest BCUT2D eigenvalue weighted by atomic mass is 9.99. The minimum absolute atomic E-state index is 0.0759. The van der Waals surface area contributed by atoms with E-state index in [1.807, 2.05) is 0 Å². The molecular weight excluding hydrogens is 170 g/mol. The third kappa shape index (κ3) is 1.62. The number of hydrogen-bond acceptors (Lipinski definition) is 2. The maximum absolute atomic E-state index is 5.67. The molecule has 0 aromatic rings. The highest BCUT2D eigenvalue weighted by molar-refractivity contribution is 7.76. The molecule has 1 saturated heterocycles. The predicted molar refractivity (Wildman–Crippen MR) is 43.1 cm³/mol. The summed E-state index contributed by atoms with van der Waals surface area (Å²) in [4.78, 5) is 0. The van der Waals surface area contributed by atoms with Crippen LogP contribution in [0.1, 0.15) is 26.7 Å². The average molecular weight is 183 g/mol. The topological polar surface area (TPSA) is 18.5 Å². The Morgan fingerprint density at radius 3 is 2.30 bits per heavy atom. The first-order valence-electron chi connectivity index (χ1n) is 3.50. The van der Waals surface area contributed by atoms with E-state index in [4.69, 9.17) is 20.3 Å². The molecule has 4 heteroatoms. The van der Waals surface area contributed by atoms with Gasteiger partial charge in [-0.2, -0.15) is 0 Å². The molecule has 1 fully saturated rings. The van der Waals surface area contributed by atoms with E-state index in [1.165, 1.54) is 0 Å². The fourth-order valence-corrected chi connectivity index (χ4v) is 2.55. The molecular formula is C6H12ClO2P. The van der Waals surface area contributed by atoms with Crippen molar-refractivity contribution in [2.24, 2.45) is 0 Å². The Labute approximate surface area is 67.6 Å². The molecule has 1 aliphatic rings. The van der Waals surface area contributed by atoms with Crippen LogP contribution in [0.3, 0.4) is 0 Å². The Bertz CT molecular complexity index is 116. The Kier molecular flexibility index (Phi) is 2.93. The van der Waals surface area contributed by atoms with Gasteiger partial charge in [0.25, 0.3) is 7.73 Å². The number of rotatable bonds is 2. The summed E-state index contributed by atoms with van der Waals surface area (Å²) >= 11 is 5.67. The fourth-order valence-electron chi connectivity index (χ4n) is 0.957. The number of hydrogen-bond donors (Lipinski definition) is 0. The van der Waals surface area contributed by atoms with Gasteiger partial charge in [-0.05, 0) is 24.1 Å². The summed E-state index contributed by atoms with van der Waals surface area (Å²) in [6, 6.07) is 0. The summed E-state index contributed by atoms with van der Waals surface area (Å²) in [5, 5.41) is 0. The molecule has 60 valence electrons. The molecule has 10 heavy (non-hydrogen) atoms. The largest absolute Gasteiger partial charge is 0.319 e. The lowest BCUT2D eigenvalue weighted by Gasteiger charge is -2.21. The minimum Gasteiger partial charge on any atom is -0.319 e. The zero-order chi connectivity index (χ0) is 7.61. The van der Waals surface area contributed by atoms with Crippen molar-refractivity contribution in [3.8, 4) is 0 Å². The van der Waals surface area contributed by atoms with Crippen molar-refractivity contribution in [1.82, 2.24) is 0 Å². The van der Waals surface area contributed by atoms with Gasteiger partial charge in [-0.3, -0.25) is 0 Å². The summed E-state index contributed by atoms with van der Waals surface area (Å²) in [5.74, 6) is 0. The molecule has 1 aliphatic heterocycles. The van der Waals surface area contributed by atoms with Gasteiger partial charge < -0.3 is 9.05 Å². The first-order valence-corrected chi connectivity index (χ1v) is 5.58. The Balaban J connectivity index is 2.51. The molecule has 0 saturated carbocycles. The third-order valence-corrected chi connectivity index (χ3v) is 3.35. The summed E-state index contributed by atoms with van der Waals surface area (Å²) in [5.41, 5.74) is -0.0759. The fraction of sp³-hybridized carbons (Fsp3) is 1.00. The third-order valence-electron chi connectivity index (χ3n) is 1.98. The van der Waals surface area contributed by atoms with Crippen LogP contribution in [0.5, 0.6) is 0 Å². The zero-order valence-corrected chi connectivity index (χ0v) is 7.91. The molecule has 0 aliphatic carbocycles. The second kappa shape index (κ2) is 3.36. The molecule has 0 spiro atoms. The van der Waals surface area contributed by atoms with Gasteiger partial charge in [-0.15, -0.1) is 0 Å². The van der Waals surface area contributed by atoms with Gasteiger partial charge in [0.1, 0.15) is 0 Å². The maximum atomic E-state index is 5.67. The monoisotopic (exact) mass is 182 g/mol. The highest BCUT2D eigenvalue weighted by Gasteiger charge is 2.38. The molecule has 0 aromatic carbocycles. The van der Waals surface area contributed by atoms with Crippen molar-refractivity contribution in [2.75, 3.05) is 6.61 Å². The second-order valence-corrected chi connectivity index (χ2v) is 4.16. The normalized spacial score (nSPS) is 30.9. The molecule has 1 atom stereocenters. The summed E-state index contributed by atoms with van der Waals surface area (Å²) in [6.45, 7) is 4.85. The van der Waals surface area contributed by atoms with Crippen LogP contribution in [-0.4, -0.2) is 12.2 Å². The van der Waals surface area contributed by atoms with E-state index in [9.17, 15) is 0 Å². The van der Waals surface area contributed by atoms with Crippen LogP contribution in [-0.2, 0) is 9.05 Å².